The summed E-state index contributed by atoms with van der Waals surface area (Å²) in [6.07, 6.45) is 3.19. The molecular weight excluding hydrogens is 196 g/mol. The Balaban J connectivity index is 1.93. The molecule has 15 heavy (non-hydrogen) atoms. The van der Waals surface area contributed by atoms with Crippen molar-refractivity contribution in [1.82, 2.24) is 10.6 Å². The molecule has 0 saturated carbocycles. The number of amides is 2. The maximum atomic E-state index is 11.2. The molecule has 1 rings (SSSR count). The Morgan fingerprint density at radius 1 is 1.53 bits per heavy atom. The zero-order valence-electron chi connectivity index (χ0n) is 9.25. The van der Waals surface area contributed by atoms with Gasteiger partial charge in [-0.3, -0.25) is 0 Å². The van der Waals surface area contributed by atoms with Crippen LogP contribution in [0.15, 0.2) is 0 Å². The second-order valence-electron chi connectivity index (χ2n) is 3.62. The van der Waals surface area contributed by atoms with Crippen molar-refractivity contribution in [2.24, 2.45) is 0 Å². The van der Waals surface area contributed by atoms with E-state index in [1.165, 1.54) is 0 Å². The predicted octanol–water partition coefficient (Wildman–Crippen LogP) is 0.501. The van der Waals surface area contributed by atoms with Gasteiger partial charge < -0.3 is 20.1 Å². The number of methoxy groups -OCH3 is 1. The number of carbonyl (C=O) groups is 1. The minimum atomic E-state index is -0.124. The molecule has 1 unspecified atom stereocenters. The highest BCUT2D eigenvalue weighted by atomic mass is 16.5. The maximum absolute atomic E-state index is 11.2. The van der Waals surface area contributed by atoms with Crippen molar-refractivity contribution in [3.63, 3.8) is 0 Å². The van der Waals surface area contributed by atoms with Crippen molar-refractivity contribution in [3.8, 4) is 0 Å². The van der Waals surface area contributed by atoms with Gasteiger partial charge in [0, 0.05) is 33.4 Å². The molecule has 1 aliphatic rings. The molecule has 0 aromatic carbocycles. The number of carbonyl (C=O) groups excluding carboxylic acids is 1. The van der Waals surface area contributed by atoms with E-state index in [1.807, 2.05) is 0 Å². The molecule has 1 atom stereocenters. The van der Waals surface area contributed by atoms with Gasteiger partial charge in [-0.1, -0.05) is 0 Å². The average molecular weight is 216 g/mol. The van der Waals surface area contributed by atoms with E-state index < -0.39 is 0 Å². The van der Waals surface area contributed by atoms with E-state index in [0.29, 0.717) is 19.7 Å². The summed E-state index contributed by atoms with van der Waals surface area (Å²) in [6.45, 7) is 2.75. The first-order valence-corrected chi connectivity index (χ1v) is 5.45. The Hall–Kier alpha value is -0.810. The van der Waals surface area contributed by atoms with Crippen LogP contribution >= 0.6 is 0 Å². The quantitative estimate of drug-likeness (QED) is 0.636. The molecule has 0 aromatic heterocycles. The van der Waals surface area contributed by atoms with Crippen molar-refractivity contribution in [3.05, 3.63) is 0 Å². The third-order valence-electron chi connectivity index (χ3n) is 2.33. The lowest BCUT2D eigenvalue weighted by molar-refractivity contribution is 0.111. The Kier molecular flexibility index (Phi) is 6.11. The van der Waals surface area contributed by atoms with E-state index in [0.717, 1.165) is 25.9 Å². The van der Waals surface area contributed by atoms with Crippen LogP contribution in [-0.4, -0.2) is 45.5 Å². The lowest BCUT2D eigenvalue weighted by Crippen LogP contribution is -2.40. The Bertz CT molecular complexity index is 182. The van der Waals surface area contributed by atoms with Gasteiger partial charge in [-0.2, -0.15) is 0 Å². The fraction of sp³-hybridized carbons (Fsp3) is 0.900. The number of hydrogen-bond donors (Lipinski definition) is 2. The van der Waals surface area contributed by atoms with E-state index in [4.69, 9.17) is 9.47 Å². The summed E-state index contributed by atoms with van der Waals surface area (Å²) in [7, 11) is 1.65. The van der Waals surface area contributed by atoms with Gasteiger partial charge in [-0.15, -0.1) is 0 Å². The Morgan fingerprint density at radius 3 is 3.07 bits per heavy atom. The third kappa shape index (κ3) is 5.59. The van der Waals surface area contributed by atoms with Crippen LogP contribution in [0.25, 0.3) is 0 Å². The molecule has 5 heteroatoms. The molecule has 1 saturated heterocycles. The predicted molar refractivity (Wildman–Crippen MR) is 56.9 cm³/mol. The summed E-state index contributed by atoms with van der Waals surface area (Å²) in [5.74, 6) is 0. The first-order chi connectivity index (χ1) is 7.33. The molecule has 1 aliphatic heterocycles. The van der Waals surface area contributed by atoms with Crippen LogP contribution in [0.5, 0.6) is 0 Å². The van der Waals surface area contributed by atoms with Gasteiger partial charge >= 0.3 is 6.03 Å². The van der Waals surface area contributed by atoms with Crippen LogP contribution in [0.2, 0.25) is 0 Å². The Morgan fingerprint density at radius 2 is 2.40 bits per heavy atom. The topological polar surface area (TPSA) is 59.6 Å². The van der Waals surface area contributed by atoms with Crippen LogP contribution < -0.4 is 10.6 Å². The number of ether oxygens (including phenoxy) is 2. The highest BCUT2D eigenvalue weighted by Gasteiger charge is 2.15. The SMILES string of the molecule is COCCCNC(=O)NCC1CCCO1. The normalized spacial score (nSPS) is 20.2. The van der Waals surface area contributed by atoms with Gasteiger partial charge in [-0.25, -0.2) is 4.79 Å². The molecule has 0 aliphatic carbocycles. The van der Waals surface area contributed by atoms with Crippen molar-refractivity contribution in [2.45, 2.75) is 25.4 Å². The molecule has 2 N–H and O–H groups in total. The van der Waals surface area contributed by atoms with E-state index in [1.54, 1.807) is 7.11 Å². The largest absolute Gasteiger partial charge is 0.385 e. The minimum Gasteiger partial charge on any atom is -0.385 e. The van der Waals surface area contributed by atoms with Crippen LogP contribution in [0.3, 0.4) is 0 Å². The van der Waals surface area contributed by atoms with E-state index >= 15 is 0 Å². The maximum Gasteiger partial charge on any atom is 0.314 e. The molecule has 0 radical (unpaired) electrons. The minimum absolute atomic E-state index is 0.124. The van der Waals surface area contributed by atoms with Crippen molar-refractivity contribution < 1.29 is 14.3 Å². The van der Waals surface area contributed by atoms with E-state index in [-0.39, 0.29) is 12.1 Å². The number of nitrogens with one attached hydrogen (secondary N) is 2. The Labute approximate surface area is 90.5 Å². The first kappa shape index (κ1) is 12.3. The lowest BCUT2D eigenvalue weighted by atomic mass is 10.2. The second kappa shape index (κ2) is 7.48. The molecular formula is C10H20N2O3. The van der Waals surface area contributed by atoms with Crippen molar-refractivity contribution in [1.29, 1.82) is 0 Å². The second-order valence-corrected chi connectivity index (χ2v) is 3.62. The molecule has 88 valence electrons. The number of rotatable bonds is 6. The molecule has 0 aromatic rings. The zero-order chi connectivity index (χ0) is 10.9. The monoisotopic (exact) mass is 216 g/mol. The number of hydrogen-bond acceptors (Lipinski definition) is 3. The van der Waals surface area contributed by atoms with Crippen molar-refractivity contribution in [2.75, 3.05) is 33.4 Å². The van der Waals surface area contributed by atoms with Crippen LogP contribution in [-0.2, 0) is 9.47 Å². The molecule has 1 fully saturated rings. The summed E-state index contributed by atoms with van der Waals surface area (Å²) < 4.78 is 10.3. The van der Waals surface area contributed by atoms with Crippen LogP contribution in [0.4, 0.5) is 4.79 Å². The van der Waals surface area contributed by atoms with Crippen LogP contribution in [0, 0.1) is 0 Å². The first-order valence-electron chi connectivity index (χ1n) is 5.45. The third-order valence-corrected chi connectivity index (χ3v) is 2.33. The fourth-order valence-electron chi connectivity index (χ4n) is 1.49. The molecule has 5 nitrogen and oxygen atoms in total. The van der Waals surface area contributed by atoms with E-state index in [9.17, 15) is 4.79 Å². The summed E-state index contributed by atoms with van der Waals surface area (Å²) in [5.41, 5.74) is 0. The zero-order valence-corrected chi connectivity index (χ0v) is 9.25. The summed E-state index contributed by atoms with van der Waals surface area (Å²) in [4.78, 5) is 11.2. The molecule has 0 bridgehead atoms. The van der Waals surface area contributed by atoms with Gasteiger partial charge in [0.2, 0.25) is 0 Å². The van der Waals surface area contributed by atoms with Crippen LogP contribution in [0.1, 0.15) is 19.3 Å². The summed E-state index contributed by atoms with van der Waals surface area (Å²) in [6, 6.07) is -0.124. The van der Waals surface area contributed by atoms with Gasteiger partial charge in [0.25, 0.3) is 0 Å². The van der Waals surface area contributed by atoms with Gasteiger partial charge in [0.1, 0.15) is 0 Å². The lowest BCUT2D eigenvalue weighted by Gasteiger charge is -2.11. The summed E-state index contributed by atoms with van der Waals surface area (Å²) >= 11 is 0. The van der Waals surface area contributed by atoms with Crippen molar-refractivity contribution >= 4 is 6.03 Å². The van der Waals surface area contributed by atoms with Gasteiger partial charge in [0.05, 0.1) is 6.10 Å². The highest BCUT2D eigenvalue weighted by Crippen LogP contribution is 2.10. The molecule has 0 spiro atoms. The molecule has 2 amide bonds. The fourth-order valence-corrected chi connectivity index (χ4v) is 1.49. The highest BCUT2D eigenvalue weighted by molar-refractivity contribution is 5.73. The smallest absolute Gasteiger partial charge is 0.314 e. The average Bonchev–Trinajstić information content (AvgIpc) is 2.74. The van der Waals surface area contributed by atoms with Gasteiger partial charge in [0.15, 0.2) is 0 Å². The standard InChI is InChI=1S/C10H20N2O3/c1-14-6-3-5-11-10(13)12-8-9-4-2-7-15-9/h9H,2-8H2,1H3,(H2,11,12,13). The number of urea groups is 1. The summed E-state index contributed by atoms with van der Waals surface area (Å²) in [5, 5.41) is 5.54. The van der Waals surface area contributed by atoms with E-state index in [2.05, 4.69) is 10.6 Å². The molecule has 1 heterocycles. The van der Waals surface area contributed by atoms with Gasteiger partial charge in [-0.05, 0) is 19.3 Å².